The summed E-state index contributed by atoms with van der Waals surface area (Å²) in [6, 6.07) is 5.86. The van der Waals surface area contributed by atoms with Crippen molar-refractivity contribution in [1.82, 2.24) is 21.9 Å². The van der Waals surface area contributed by atoms with E-state index in [1.165, 1.54) is 12.1 Å². The minimum atomic E-state index is -2.82. The van der Waals surface area contributed by atoms with Gasteiger partial charge >= 0.3 is 6.61 Å². The summed E-state index contributed by atoms with van der Waals surface area (Å²) < 4.78 is 28.1. The third-order valence-electron chi connectivity index (χ3n) is 2.37. The Morgan fingerprint density at radius 3 is 2.24 bits per heavy atom. The Morgan fingerprint density at radius 1 is 1.12 bits per heavy atom. The van der Waals surface area contributed by atoms with Crippen molar-refractivity contribution in [3.05, 3.63) is 29.8 Å². The van der Waals surface area contributed by atoms with Crippen molar-refractivity contribution in [2.45, 2.75) is 18.8 Å². The van der Waals surface area contributed by atoms with Crippen molar-refractivity contribution >= 4 is 0 Å². The van der Waals surface area contributed by atoms with Crippen LogP contribution in [0, 0.1) is 0 Å². The van der Waals surface area contributed by atoms with Gasteiger partial charge in [-0.2, -0.15) is 19.9 Å². The molecule has 6 N–H and O–H groups in total. The van der Waals surface area contributed by atoms with Crippen LogP contribution in [0.4, 0.5) is 8.78 Å². The average Bonchev–Trinajstić information content (AvgIpc) is 2.82. The van der Waals surface area contributed by atoms with Gasteiger partial charge in [0.25, 0.3) is 0 Å². The van der Waals surface area contributed by atoms with Crippen LogP contribution in [-0.2, 0) is 0 Å². The Hall–Kier alpha value is -1.32. The van der Waals surface area contributed by atoms with E-state index in [2.05, 4.69) is 26.7 Å². The van der Waals surface area contributed by atoms with Crippen LogP contribution >= 0.6 is 0 Å². The third-order valence-corrected chi connectivity index (χ3v) is 2.37. The maximum Gasteiger partial charge on any atom is 0.387 e. The Labute approximate surface area is 96.4 Å². The van der Waals surface area contributed by atoms with Crippen LogP contribution < -0.4 is 32.4 Å². The summed E-state index contributed by atoms with van der Waals surface area (Å²) in [5.41, 5.74) is 17.7. The number of halogens is 2. The molecule has 1 aromatic carbocycles. The van der Waals surface area contributed by atoms with Crippen molar-refractivity contribution in [3.8, 4) is 5.75 Å². The molecule has 8 heteroatoms. The second-order valence-electron chi connectivity index (χ2n) is 3.49. The summed E-state index contributed by atoms with van der Waals surface area (Å²) in [4.78, 5) is 0. The molecule has 1 aromatic rings. The SMILES string of the molecule is NC(c1ccc(OC(F)F)cc1)C1NNNN1. The molecule has 1 aliphatic rings. The number of hydrogen-bond donors (Lipinski definition) is 5. The van der Waals surface area contributed by atoms with E-state index in [9.17, 15) is 8.78 Å². The van der Waals surface area contributed by atoms with E-state index in [0.29, 0.717) is 0 Å². The second kappa shape index (κ2) is 5.34. The van der Waals surface area contributed by atoms with Crippen molar-refractivity contribution in [3.63, 3.8) is 0 Å². The Morgan fingerprint density at radius 2 is 1.71 bits per heavy atom. The molecular formula is C9H13F2N5O. The molecule has 0 saturated carbocycles. The summed E-state index contributed by atoms with van der Waals surface area (Å²) in [5.74, 6) is 0.111. The second-order valence-corrected chi connectivity index (χ2v) is 3.49. The van der Waals surface area contributed by atoms with E-state index < -0.39 is 6.61 Å². The van der Waals surface area contributed by atoms with Crippen LogP contribution in [0.3, 0.4) is 0 Å². The normalized spacial score (nSPS) is 18.6. The molecule has 1 unspecified atom stereocenters. The fourth-order valence-corrected chi connectivity index (χ4v) is 1.51. The van der Waals surface area contributed by atoms with Gasteiger partial charge in [-0.25, -0.2) is 10.9 Å². The quantitative estimate of drug-likeness (QED) is 0.502. The van der Waals surface area contributed by atoms with E-state index in [1.807, 2.05) is 0 Å². The number of hydrogen-bond acceptors (Lipinski definition) is 6. The minimum Gasteiger partial charge on any atom is -0.435 e. The fraction of sp³-hybridized carbons (Fsp3) is 0.333. The number of nitrogens with one attached hydrogen (secondary N) is 4. The van der Waals surface area contributed by atoms with Crippen LogP contribution in [0.15, 0.2) is 24.3 Å². The molecule has 0 spiro atoms. The van der Waals surface area contributed by atoms with Crippen molar-refractivity contribution in [1.29, 1.82) is 0 Å². The van der Waals surface area contributed by atoms with Gasteiger partial charge in [0.2, 0.25) is 0 Å². The molecule has 1 aliphatic heterocycles. The van der Waals surface area contributed by atoms with Gasteiger partial charge in [0.1, 0.15) is 11.9 Å². The Balaban J connectivity index is 2.01. The number of rotatable bonds is 4. The lowest BCUT2D eigenvalue weighted by Crippen LogP contribution is -2.43. The first-order chi connectivity index (χ1) is 8.16. The highest BCUT2D eigenvalue weighted by atomic mass is 19.3. The number of benzene rings is 1. The molecule has 1 atom stereocenters. The van der Waals surface area contributed by atoms with E-state index >= 15 is 0 Å². The van der Waals surface area contributed by atoms with Gasteiger partial charge in [-0.1, -0.05) is 12.1 Å². The zero-order valence-corrected chi connectivity index (χ0v) is 8.78. The Bertz CT molecular complexity index is 355. The summed E-state index contributed by atoms with van der Waals surface area (Å²) in [6.45, 7) is -2.82. The standard InChI is InChI=1S/C9H13F2N5O/c10-9(11)17-6-3-1-5(2-4-6)7(12)8-13-15-16-14-8/h1-4,7-9,13-16H,12H2. The number of hydrazine groups is 3. The smallest absolute Gasteiger partial charge is 0.387 e. The van der Waals surface area contributed by atoms with E-state index in [1.54, 1.807) is 12.1 Å². The molecule has 0 radical (unpaired) electrons. The highest BCUT2D eigenvalue weighted by molar-refractivity contribution is 5.29. The predicted octanol–water partition coefficient (Wildman–Crippen LogP) is -0.269. The Kier molecular flexibility index (Phi) is 3.82. The maximum absolute atomic E-state index is 11.9. The molecular weight excluding hydrogens is 232 g/mol. The van der Waals surface area contributed by atoms with Crippen LogP contribution in [0.1, 0.15) is 11.6 Å². The van der Waals surface area contributed by atoms with Gasteiger partial charge in [-0.15, -0.1) is 0 Å². The molecule has 0 bridgehead atoms. The molecule has 0 amide bonds. The number of ether oxygens (including phenoxy) is 1. The van der Waals surface area contributed by atoms with Crippen LogP contribution in [0.2, 0.25) is 0 Å². The summed E-state index contributed by atoms with van der Waals surface area (Å²) in [5, 5.41) is 0. The molecule has 1 fully saturated rings. The van der Waals surface area contributed by atoms with Gasteiger partial charge in [0, 0.05) is 0 Å². The van der Waals surface area contributed by atoms with E-state index in [4.69, 9.17) is 5.73 Å². The predicted molar refractivity (Wildman–Crippen MR) is 56.3 cm³/mol. The maximum atomic E-state index is 11.9. The van der Waals surface area contributed by atoms with Gasteiger partial charge in [-0.05, 0) is 17.7 Å². The van der Waals surface area contributed by atoms with Gasteiger partial charge in [-0.3, -0.25) is 0 Å². The molecule has 0 aromatic heterocycles. The molecule has 6 nitrogen and oxygen atoms in total. The van der Waals surface area contributed by atoms with Crippen molar-refractivity contribution < 1.29 is 13.5 Å². The van der Waals surface area contributed by atoms with Crippen LogP contribution in [-0.4, -0.2) is 12.8 Å². The zero-order chi connectivity index (χ0) is 12.3. The monoisotopic (exact) mass is 245 g/mol. The van der Waals surface area contributed by atoms with Gasteiger partial charge in [0.15, 0.2) is 0 Å². The topological polar surface area (TPSA) is 83.4 Å². The lowest BCUT2D eigenvalue weighted by molar-refractivity contribution is -0.0498. The van der Waals surface area contributed by atoms with Crippen LogP contribution in [0.25, 0.3) is 0 Å². The van der Waals surface area contributed by atoms with E-state index in [-0.39, 0.29) is 18.0 Å². The largest absolute Gasteiger partial charge is 0.435 e. The highest BCUT2D eigenvalue weighted by Crippen LogP contribution is 2.19. The average molecular weight is 245 g/mol. The molecule has 0 aliphatic carbocycles. The lowest BCUT2D eigenvalue weighted by atomic mass is 10.1. The number of nitrogens with two attached hydrogens (primary N) is 1. The first-order valence-corrected chi connectivity index (χ1v) is 4.98. The molecule has 1 saturated heterocycles. The zero-order valence-electron chi connectivity index (χ0n) is 8.78. The van der Waals surface area contributed by atoms with Gasteiger partial charge in [0.05, 0.1) is 6.04 Å². The number of alkyl halides is 2. The summed E-state index contributed by atoms with van der Waals surface area (Å²) >= 11 is 0. The first kappa shape index (κ1) is 12.1. The summed E-state index contributed by atoms with van der Waals surface area (Å²) in [7, 11) is 0. The lowest BCUT2D eigenvalue weighted by Gasteiger charge is -2.18. The summed E-state index contributed by atoms with van der Waals surface area (Å²) in [6.07, 6.45) is -0.197. The van der Waals surface area contributed by atoms with Crippen molar-refractivity contribution in [2.24, 2.45) is 5.73 Å². The molecule has 2 rings (SSSR count). The van der Waals surface area contributed by atoms with Gasteiger partial charge < -0.3 is 10.5 Å². The fourth-order valence-electron chi connectivity index (χ4n) is 1.51. The molecule has 1 heterocycles. The third kappa shape index (κ3) is 3.08. The molecule has 17 heavy (non-hydrogen) atoms. The van der Waals surface area contributed by atoms with Crippen LogP contribution in [0.5, 0.6) is 5.75 Å². The van der Waals surface area contributed by atoms with E-state index in [0.717, 1.165) is 5.56 Å². The molecule has 94 valence electrons. The first-order valence-electron chi connectivity index (χ1n) is 4.98. The minimum absolute atomic E-state index is 0.111. The highest BCUT2D eigenvalue weighted by Gasteiger charge is 2.22. The van der Waals surface area contributed by atoms with Crippen molar-refractivity contribution in [2.75, 3.05) is 0 Å².